The first kappa shape index (κ1) is 11.5. The molecule has 17 heavy (non-hydrogen) atoms. The van der Waals surface area contributed by atoms with Crippen molar-refractivity contribution in [3.8, 4) is 11.8 Å². The standard InChI is InChI=1S/C13H14N2O2/c1-9(16)10-3-4-13-12(7-10)15(2)11(5-6-14)8-17-13/h3-4,7,11H,5,8H2,1-2H3. The lowest BCUT2D eigenvalue weighted by molar-refractivity contribution is 0.101. The molecule has 4 nitrogen and oxygen atoms in total. The molecule has 0 saturated carbocycles. The Labute approximate surface area is 100 Å². The number of benzene rings is 1. The summed E-state index contributed by atoms with van der Waals surface area (Å²) in [7, 11) is 1.92. The van der Waals surface area contributed by atoms with Crippen LogP contribution in [0.3, 0.4) is 0 Å². The summed E-state index contributed by atoms with van der Waals surface area (Å²) in [5, 5.41) is 8.74. The van der Waals surface area contributed by atoms with Crippen LogP contribution in [0.4, 0.5) is 5.69 Å². The van der Waals surface area contributed by atoms with Crippen molar-refractivity contribution >= 4 is 11.5 Å². The third-order valence-electron chi connectivity index (χ3n) is 3.05. The van der Waals surface area contributed by atoms with Gasteiger partial charge in [-0.25, -0.2) is 0 Å². The number of ether oxygens (including phenoxy) is 1. The second kappa shape index (κ2) is 4.46. The summed E-state index contributed by atoms with van der Waals surface area (Å²) in [6.45, 7) is 2.05. The molecule has 1 atom stereocenters. The number of carbonyl (C=O) groups is 1. The summed E-state index contributed by atoms with van der Waals surface area (Å²) in [5.41, 5.74) is 1.54. The van der Waals surface area contributed by atoms with Crippen LogP contribution < -0.4 is 9.64 Å². The van der Waals surface area contributed by atoms with Gasteiger partial charge in [-0.05, 0) is 25.1 Å². The van der Waals surface area contributed by atoms with Crippen LogP contribution >= 0.6 is 0 Å². The van der Waals surface area contributed by atoms with E-state index in [-0.39, 0.29) is 11.8 Å². The van der Waals surface area contributed by atoms with Crippen LogP contribution in [-0.4, -0.2) is 25.5 Å². The second-order valence-electron chi connectivity index (χ2n) is 4.18. The SMILES string of the molecule is CC(=O)c1ccc2c(c1)N(C)C(CC#N)CO2. The molecule has 1 aliphatic rings. The Balaban J connectivity index is 2.36. The zero-order chi connectivity index (χ0) is 12.4. The number of rotatable bonds is 2. The third kappa shape index (κ3) is 2.09. The molecular weight excluding hydrogens is 216 g/mol. The summed E-state index contributed by atoms with van der Waals surface area (Å²) in [6, 6.07) is 7.59. The van der Waals surface area contributed by atoms with Crippen LogP contribution in [-0.2, 0) is 0 Å². The number of nitriles is 1. The van der Waals surface area contributed by atoms with Crippen LogP contribution in [0.5, 0.6) is 5.75 Å². The molecule has 1 aromatic carbocycles. The van der Waals surface area contributed by atoms with Gasteiger partial charge < -0.3 is 9.64 Å². The van der Waals surface area contributed by atoms with Gasteiger partial charge in [0.1, 0.15) is 12.4 Å². The highest BCUT2D eigenvalue weighted by atomic mass is 16.5. The van der Waals surface area contributed by atoms with Gasteiger partial charge in [0.2, 0.25) is 0 Å². The van der Waals surface area contributed by atoms with Crippen LogP contribution in [0, 0.1) is 11.3 Å². The average Bonchev–Trinajstić information content (AvgIpc) is 2.32. The van der Waals surface area contributed by atoms with Crippen molar-refractivity contribution in [2.24, 2.45) is 0 Å². The number of anilines is 1. The van der Waals surface area contributed by atoms with E-state index in [1.807, 2.05) is 24.1 Å². The lowest BCUT2D eigenvalue weighted by atomic mass is 10.1. The normalized spacial score (nSPS) is 17.9. The molecule has 1 unspecified atom stereocenters. The Hall–Kier alpha value is -2.02. The highest BCUT2D eigenvalue weighted by Crippen LogP contribution is 2.34. The molecule has 0 spiro atoms. The number of likely N-dealkylation sites (N-methyl/N-ethyl adjacent to an activating group) is 1. The fourth-order valence-corrected chi connectivity index (χ4v) is 1.93. The minimum atomic E-state index is 0.0311. The Bertz CT molecular complexity index is 491. The first-order chi connectivity index (χ1) is 8.13. The predicted molar refractivity (Wildman–Crippen MR) is 64.4 cm³/mol. The van der Waals surface area contributed by atoms with E-state index in [4.69, 9.17) is 10.00 Å². The molecule has 0 radical (unpaired) electrons. The molecule has 0 aromatic heterocycles. The topological polar surface area (TPSA) is 53.3 Å². The van der Waals surface area contributed by atoms with Crippen LogP contribution in [0.25, 0.3) is 0 Å². The van der Waals surface area contributed by atoms with E-state index in [9.17, 15) is 4.79 Å². The van der Waals surface area contributed by atoms with E-state index in [0.29, 0.717) is 18.6 Å². The van der Waals surface area contributed by atoms with Crippen molar-refractivity contribution in [1.29, 1.82) is 5.26 Å². The van der Waals surface area contributed by atoms with Crippen molar-refractivity contribution in [3.63, 3.8) is 0 Å². The smallest absolute Gasteiger partial charge is 0.159 e. The Kier molecular flexibility index (Phi) is 3.01. The van der Waals surface area contributed by atoms with Crippen molar-refractivity contribution in [2.75, 3.05) is 18.6 Å². The number of ketones is 1. The van der Waals surface area contributed by atoms with E-state index in [2.05, 4.69) is 6.07 Å². The van der Waals surface area contributed by atoms with Crippen molar-refractivity contribution in [1.82, 2.24) is 0 Å². The van der Waals surface area contributed by atoms with E-state index in [1.54, 1.807) is 6.07 Å². The fraction of sp³-hybridized carbons (Fsp3) is 0.385. The summed E-state index contributed by atoms with van der Waals surface area (Å²) in [5.74, 6) is 0.801. The molecule has 88 valence electrons. The number of Topliss-reactive ketones (excluding diaryl/α,β-unsaturated/α-hetero) is 1. The van der Waals surface area contributed by atoms with Crippen LogP contribution in [0.15, 0.2) is 18.2 Å². The monoisotopic (exact) mass is 230 g/mol. The van der Waals surface area contributed by atoms with Gasteiger partial charge in [0, 0.05) is 12.6 Å². The maximum Gasteiger partial charge on any atom is 0.159 e. The molecule has 2 rings (SSSR count). The summed E-state index contributed by atoms with van der Waals surface area (Å²) < 4.78 is 5.59. The molecule has 0 fully saturated rings. The molecule has 1 aliphatic heterocycles. The van der Waals surface area contributed by atoms with Crippen molar-refractivity contribution in [2.45, 2.75) is 19.4 Å². The Morgan fingerprint density at radius 1 is 1.65 bits per heavy atom. The van der Waals surface area contributed by atoms with Gasteiger partial charge in [0.05, 0.1) is 24.2 Å². The molecule has 0 aliphatic carbocycles. The third-order valence-corrected chi connectivity index (χ3v) is 3.05. The molecule has 0 saturated heterocycles. The molecule has 0 N–H and O–H groups in total. The van der Waals surface area contributed by atoms with Gasteiger partial charge in [0.25, 0.3) is 0 Å². The summed E-state index contributed by atoms with van der Waals surface area (Å²) >= 11 is 0. The first-order valence-corrected chi connectivity index (χ1v) is 5.51. The zero-order valence-electron chi connectivity index (χ0n) is 9.93. The summed E-state index contributed by atoms with van der Waals surface area (Å²) in [4.78, 5) is 13.3. The van der Waals surface area contributed by atoms with E-state index >= 15 is 0 Å². The Morgan fingerprint density at radius 3 is 3.06 bits per heavy atom. The van der Waals surface area contributed by atoms with Crippen molar-refractivity contribution in [3.05, 3.63) is 23.8 Å². The van der Waals surface area contributed by atoms with E-state index in [0.717, 1.165) is 11.4 Å². The number of fused-ring (bicyclic) bond motifs is 1. The van der Waals surface area contributed by atoms with Gasteiger partial charge >= 0.3 is 0 Å². The lowest BCUT2D eigenvalue weighted by Crippen LogP contribution is -2.40. The number of hydrogen-bond acceptors (Lipinski definition) is 4. The maximum atomic E-state index is 11.3. The molecule has 4 heteroatoms. The molecule has 0 amide bonds. The van der Waals surface area contributed by atoms with Gasteiger partial charge in [-0.15, -0.1) is 0 Å². The Morgan fingerprint density at radius 2 is 2.41 bits per heavy atom. The van der Waals surface area contributed by atoms with Gasteiger partial charge in [-0.2, -0.15) is 5.26 Å². The average molecular weight is 230 g/mol. The minimum absolute atomic E-state index is 0.0311. The highest BCUT2D eigenvalue weighted by Gasteiger charge is 2.24. The van der Waals surface area contributed by atoms with E-state index in [1.165, 1.54) is 6.92 Å². The van der Waals surface area contributed by atoms with Gasteiger partial charge in [0.15, 0.2) is 5.78 Å². The number of carbonyl (C=O) groups excluding carboxylic acids is 1. The molecular formula is C13H14N2O2. The second-order valence-corrected chi connectivity index (χ2v) is 4.18. The molecule has 0 bridgehead atoms. The predicted octanol–water partition coefficient (Wildman–Crippen LogP) is 2.00. The number of nitrogens with zero attached hydrogens (tertiary/aromatic N) is 2. The van der Waals surface area contributed by atoms with Crippen molar-refractivity contribution < 1.29 is 9.53 Å². The lowest BCUT2D eigenvalue weighted by Gasteiger charge is -2.34. The van der Waals surface area contributed by atoms with E-state index < -0.39 is 0 Å². The minimum Gasteiger partial charge on any atom is -0.489 e. The van der Waals surface area contributed by atoms with Crippen LogP contribution in [0.1, 0.15) is 23.7 Å². The largest absolute Gasteiger partial charge is 0.489 e. The van der Waals surface area contributed by atoms with Gasteiger partial charge in [-0.1, -0.05) is 0 Å². The first-order valence-electron chi connectivity index (χ1n) is 5.51. The molecule has 1 heterocycles. The quantitative estimate of drug-likeness (QED) is 0.729. The van der Waals surface area contributed by atoms with Gasteiger partial charge in [-0.3, -0.25) is 4.79 Å². The molecule has 1 aromatic rings. The highest BCUT2D eigenvalue weighted by molar-refractivity contribution is 5.95. The fourth-order valence-electron chi connectivity index (χ4n) is 1.93. The zero-order valence-corrected chi connectivity index (χ0v) is 9.93. The van der Waals surface area contributed by atoms with Crippen LogP contribution in [0.2, 0.25) is 0 Å². The number of hydrogen-bond donors (Lipinski definition) is 0. The summed E-state index contributed by atoms with van der Waals surface area (Å²) in [6.07, 6.45) is 0.417. The maximum absolute atomic E-state index is 11.3.